The van der Waals surface area contributed by atoms with Crippen LogP contribution < -0.4 is 15.2 Å². The highest BCUT2D eigenvalue weighted by atomic mass is 19.4. The van der Waals surface area contributed by atoms with Gasteiger partial charge in [-0.2, -0.15) is 17.9 Å². The number of hydrogen-bond acceptors (Lipinski definition) is 6. The van der Waals surface area contributed by atoms with Gasteiger partial charge in [0.2, 0.25) is 0 Å². The third-order valence-electron chi connectivity index (χ3n) is 5.48. The second-order valence-electron chi connectivity index (χ2n) is 9.17. The van der Waals surface area contributed by atoms with Crippen LogP contribution in [-0.2, 0) is 22.3 Å². The zero-order chi connectivity index (χ0) is 27.5. The van der Waals surface area contributed by atoms with Crippen molar-refractivity contribution in [2.24, 2.45) is 0 Å². The van der Waals surface area contributed by atoms with Crippen LogP contribution in [0.2, 0.25) is 0 Å². The van der Waals surface area contributed by atoms with E-state index in [1.54, 1.807) is 59.7 Å². The standard InChI is InChI=1S/C26H30F3N3O5/c1-7-35-23(33)25(5,6)37-21-13-12-20(14-17(21)4)36-15-22-30-32(24(34)31(22)16(2)3)19-10-8-18(9-11-19)26(27,28)29/h8-14,16H,7,15H2,1-6H3. The number of ether oxygens (including phenoxy) is 3. The molecule has 3 rings (SSSR count). The Labute approximate surface area is 212 Å². The molecule has 0 saturated carbocycles. The largest absolute Gasteiger partial charge is 0.486 e. The predicted octanol–water partition coefficient (Wildman–Crippen LogP) is 5.24. The van der Waals surface area contributed by atoms with Crippen LogP contribution in [-0.4, -0.2) is 32.5 Å². The van der Waals surface area contributed by atoms with Crippen molar-refractivity contribution in [3.8, 4) is 17.2 Å². The fraction of sp³-hybridized carbons (Fsp3) is 0.423. The molecule has 11 heteroatoms. The van der Waals surface area contributed by atoms with E-state index in [4.69, 9.17) is 14.2 Å². The van der Waals surface area contributed by atoms with Gasteiger partial charge in [0.05, 0.1) is 17.9 Å². The highest BCUT2D eigenvalue weighted by Gasteiger charge is 2.32. The molecule has 0 atom stereocenters. The summed E-state index contributed by atoms with van der Waals surface area (Å²) in [5.41, 5.74) is -1.56. The average Bonchev–Trinajstić information content (AvgIpc) is 3.15. The zero-order valence-corrected chi connectivity index (χ0v) is 21.5. The van der Waals surface area contributed by atoms with Gasteiger partial charge in [-0.15, -0.1) is 5.10 Å². The van der Waals surface area contributed by atoms with E-state index in [2.05, 4.69) is 5.10 Å². The molecule has 1 heterocycles. The lowest BCUT2D eigenvalue weighted by atomic mass is 10.1. The van der Waals surface area contributed by atoms with Crippen molar-refractivity contribution < 1.29 is 32.2 Å². The van der Waals surface area contributed by atoms with Gasteiger partial charge in [-0.05, 0) is 89.6 Å². The van der Waals surface area contributed by atoms with Crippen molar-refractivity contribution in [2.75, 3.05) is 6.61 Å². The third-order valence-corrected chi connectivity index (χ3v) is 5.48. The molecule has 8 nitrogen and oxygen atoms in total. The van der Waals surface area contributed by atoms with Gasteiger partial charge in [-0.1, -0.05) is 0 Å². The lowest BCUT2D eigenvalue weighted by molar-refractivity contribution is -0.158. The van der Waals surface area contributed by atoms with Crippen LogP contribution in [0.3, 0.4) is 0 Å². The lowest BCUT2D eigenvalue weighted by Gasteiger charge is -2.25. The Morgan fingerprint density at radius 2 is 1.73 bits per heavy atom. The summed E-state index contributed by atoms with van der Waals surface area (Å²) in [6.45, 7) is 10.5. The predicted molar refractivity (Wildman–Crippen MR) is 130 cm³/mol. The smallest absolute Gasteiger partial charge is 0.416 e. The van der Waals surface area contributed by atoms with Crippen molar-refractivity contribution in [1.82, 2.24) is 14.3 Å². The Bertz CT molecular complexity index is 1310. The number of carbonyl (C=O) groups excluding carboxylic acids is 1. The van der Waals surface area contributed by atoms with Crippen LogP contribution in [0.15, 0.2) is 47.3 Å². The summed E-state index contributed by atoms with van der Waals surface area (Å²) in [5, 5.41) is 4.32. The maximum atomic E-state index is 13.0. The number of hydrogen-bond donors (Lipinski definition) is 0. The van der Waals surface area contributed by atoms with Crippen molar-refractivity contribution in [3.63, 3.8) is 0 Å². The first-order valence-electron chi connectivity index (χ1n) is 11.7. The first-order chi connectivity index (χ1) is 17.2. The summed E-state index contributed by atoms with van der Waals surface area (Å²) >= 11 is 0. The summed E-state index contributed by atoms with van der Waals surface area (Å²) in [4.78, 5) is 25.1. The minimum absolute atomic E-state index is 0.0605. The Hall–Kier alpha value is -3.76. The van der Waals surface area contributed by atoms with E-state index in [0.717, 1.165) is 16.8 Å². The molecule has 0 aliphatic carbocycles. The Morgan fingerprint density at radius 3 is 2.27 bits per heavy atom. The quantitative estimate of drug-likeness (QED) is 0.358. The van der Waals surface area contributed by atoms with Gasteiger partial charge in [0.25, 0.3) is 0 Å². The van der Waals surface area contributed by atoms with E-state index < -0.39 is 29.0 Å². The maximum absolute atomic E-state index is 13.0. The first-order valence-corrected chi connectivity index (χ1v) is 11.7. The number of esters is 1. The van der Waals surface area contributed by atoms with Crippen LogP contribution in [0, 0.1) is 6.92 Å². The zero-order valence-electron chi connectivity index (χ0n) is 21.5. The van der Waals surface area contributed by atoms with Crippen LogP contribution >= 0.6 is 0 Å². The molecule has 0 N–H and O–H groups in total. The van der Waals surface area contributed by atoms with E-state index in [0.29, 0.717) is 22.9 Å². The second kappa shape index (κ2) is 10.7. The van der Waals surface area contributed by atoms with Gasteiger partial charge in [-0.25, -0.2) is 9.59 Å². The van der Waals surface area contributed by atoms with Gasteiger partial charge in [0.15, 0.2) is 11.4 Å². The van der Waals surface area contributed by atoms with Crippen LogP contribution in [0.1, 0.15) is 57.6 Å². The topological polar surface area (TPSA) is 84.6 Å². The summed E-state index contributed by atoms with van der Waals surface area (Å²) in [6, 6.07) is 9.00. The number of carbonyl (C=O) groups is 1. The molecular formula is C26H30F3N3O5. The molecule has 0 unspecified atom stereocenters. The molecule has 0 saturated heterocycles. The Kier molecular flexibility index (Phi) is 8.04. The van der Waals surface area contributed by atoms with Crippen LogP contribution in [0.5, 0.6) is 11.5 Å². The highest BCUT2D eigenvalue weighted by Crippen LogP contribution is 2.30. The van der Waals surface area contributed by atoms with E-state index in [1.807, 2.05) is 0 Å². The van der Waals surface area contributed by atoms with Crippen LogP contribution in [0.4, 0.5) is 13.2 Å². The summed E-state index contributed by atoms with van der Waals surface area (Å²) < 4.78 is 58.0. The molecule has 2 aromatic carbocycles. The average molecular weight is 522 g/mol. The minimum atomic E-state index is -4.48. The minimum Gasteiger partial charge on any atom is -0.486 e. The summed E-state index contributed by atoms with van der Waals surface area (Å²) in [6.07, 6.45) is -4.48. The monoisotopic (exact) mass is 521 g/mol. The van der Waals surface area contributed by atoms with Gasteiger partial charge in [0.1, 0.15) is 18.1 Å². The van der Waals surface area contributed by atoms with Crippen LogP contribution in [0.25, 0.3) is 5.69 Å². The van der Waals surface area contributed by atoms with Gasteiger partial charge < -0.3 is 14.2 Å². The second-order valence-corrected chi connectivity index (χ2v) is 9.17. The number of aryl methyl sites for hydroxylation is 1. The normalized spacial score (nSPS) is 12.1. The molecule has 0 aliphatic rings. The molecule has 0 amide bonds. The van der Waals surface area contributed by atoms with Crippen molar-refractivity contribution in [1.29, 1.82) is 0 Å². The number of rotatable bonds is 9. The van der Waals surface area contributed by atoms with E-state index in [9.17, 15) is 22.8 Å². The van der Waals surface area contributed by atoms with Crippen molar-refractivity contribution in [2.45, 2.75) is 66.0 Å². The molecule has 37 heavy (non-hydrogen) atoms. The Morgan fingerprint density at radius 1 is 1.08 bits per heavy atom. The molecule has 0 fully saturated rings. The van der Waals surface area contributed by atoms with Gasteiger partial charge in [-0.3, -0.25) is 4.57 Å². The van der Waals surface area contributed by atoms with E-state index in [1.165, 1.54) is 16.7 Å². The highest BCUT2D eigenvalue weighted by molar-refractivity contribution is 5.79. The Balaban J connectivity index is 1.81. The van der Waals surface area contributed by atoms with E-state index >= 15 is 0 Å². The molecule has 0 radical (unpaired) electrons. The fourth-order valence-corrected chi connectivity index (χ4v) is 3.59. The number of halogens is 3. The molecule has 3 aromatic rings. The molecule has 1 aromatic heterocycles. The molecule has 200 valence electrons. The fourth-order valence-electron chi connectivity index (χ4n) is 3.59. The van der Waals surface area contributed by atoms with Crippen molar-refractivity contribution in [3.05, 3.63) is 69.9 Å². The third kappa shape index (κ3) is 6.33. The van der Waals surface area contributed by atoms with E-state index in [-0.39, 0.29) is 24.9 Å². The number of benzene rings is 2. The number of nitrogens with zero attached hydrogens (tertiary/aromatic N) is 3. The number of alkyl halides is 3. The first kappa shape index (κ1) is 27.8. The number of aromatic nitrogens is 3. The van der Waals surface area contributed by atoms with Gasteiger partial charge >= 0.3 is 17.8 Å². The van der Waals surface area contributed by atoms with Gasteiger partial charge in [0, 0.05) is 6.04 Å². The summed E-state index contributed by atoms with van der Waals surface area (Å²) in [5.74, 6) is 0.785. The molecule has 0 spiro atoms. The SMILES string of the molecule is CCOC(=O)C(C)(C)Oc1ccc(OCc2nn(-c3ccc(C(F)(F)F)cc3)c(=O)n2C(C)C)cc1C. The molecule has 0 bridgehead atoms. The molecule has 0 aliphatic heterocycles. The lowest BCUT2D eigenvalue weighted by Crippen LogP contribution is -2.39. The summed E-state index contributed by atoms with van der Waals surface area (Å²) in [7, 11) is 0. The van der Waals surface area contributed by atoms with Crippen molar-refractivity contribution >= 4 is 5.97 Å². The maximum Gasteiger partial charge on any atom is 0.416 e. The molecular weight excluding hydrogens is 491 g/mol.